The lowest BCUT2D eigenvalue weighted by Gasteiger charge is -2.34. The predicted molar refractivity (Wildman–Crippen MR) is 78.7 cm³/mol. The molecule has 2 atom stereocenters. The molecule has 5 heteroatoms. The lowest BCUT2D eigenvalue weighted by Crippen LogP contribution is -2.45. The number of halogens is 2. The Bertz CT molecular complexity index is 477. The topological polar surface area (TPSA) is 46.3 Å². The van der Waals surface area contributed by atoms with Gasteiger partial charge in [0.1, 0.15) is 0 Å². The lowest BCUT2D eigenvalue weighted by atomic mass is 9.92. The number of rotatable bonds is 2. The first kappa shape index (κ1) is 14.6. The summed E-state index contributed by atoms with van der Waals surface area (Å²) in [5, 5.41) is 0.964. The van der Waals surface area contributed by atoms with Crippen LogP contribution in [0, 0.1) is 5.92 Å². The van der Waals surface area contributed by atoms with Crippen LogP contribution in [0.5, 0.6) is 0 Å². The molecule has 1 aliphatic rings. The molecule has 0 radical (unpaired) electrons. The number of carbonyl (C=O) groups excluding carboxylic acids is 1. The van der Waals surface area contributed by atoms with Crippen molar-refractivity contribution in [1.82, 2.24) is 4.90 Å². The van der Waals surface area contributed by atoms with Crippen molar-refractivity contribution in [2.75, 3.05) is 13.1 Å². The van der Waals surface area contributed by atoms with Crippen molar-refractivity contribution in [2.24, 2.45) is 11.7 Å². The number of nitrogens with zero attached hydrogens (tertiary/aromatic N) is 1. The van der Waals surface area contributed by atoms with E-state index in [9.17, 15) is 4.79 Å². The van der Waals surface area contributed by atoms with Gasteiger partial charge in [0.05, 0.1) is 10.6 Å². The molecule has 0 bridgehead atoms. The van der Waals surface area contributed by atoms with Gasteiger partial charge < -0.3 is 10.6 Å². The Kier molecular flexibility index (Phi) is 4.71. The van der Waals surface area contributed by atoms with Crippen molar-refractivity contribution in [2.45, 2.75) is 25.8 Å². The van der Waals surface area contributed by atoms with Gasteiger partial charge in [-0.1, -0.05) is 23.2 Å². The van der Waals surface area contributed by atoms with Gasteiger partial charge in [-0.15, -0.1) is 0 Å². The van der Waals surface area contributed by atoms with E-state index in [2.05, 4.69) is 0 Å². The van der Waals surface area contributed by atoms with E-state index in [1.807, 2.05) is 11.8 Å². The zero-order valence-electron chi connectivity index (χ0n) is 10.9. The van der Waals surface area contributed by atoms with Gasteiger partial charge in [0.2, 0.25) is 0 Å². The summed E-state index contributed by atoms with van der Waals surface area (Å²) in [6.45, 7) is 3.44. The van der Waals surface area contributed by atoms with Crippen molar-refractivity contribution >= 4 is 29.1 Å². The van der Waals surface area contributed by atoms with Crippen LogP contribution in [0.1, 0.15) is 30.1 Å². The van der Waals surface area contributed by atoms with E-state index in [1.165, 1.54) is 0 Å². The highest BCUT2D eigenvalue weighted by Crippen LogP contribution is 2.25. The molecule has 1 heterocycles. The molecule has 104 valence electrons. The summed E-state index contributed by atoms with van der Waals surface area (Å²) in [6, 6.07) is 5.07. The minimum absolute atomic E-state index is 0.0575. The van der Waals surface area contributed by atoms with Gasteiger partial charge in [-0.05, 0) is 43.9 Å². The van der Waals surface area contributed by atoms with Crippen molar-refractivity contribution in [3.05, 3.63) is 33.8 Å². The summed E-state index contributed by atoms with van der Waals surface area (Å²) < 4.78 is 0. The molecule has 19 heavy (non-hydrogen) atoms. The van der Waals surface area contributed by atoms with Gasteiger partial charge in [-0.3, -0.25) is 4.79 Å². The fourth-order valence-electron chi connectivity index (χ4n) is 2.46. The van der Waals surface area contributed by atoms with Crippen molar-refractivity contribution in [3.63, 3.8) is 0 Å². The van der Waals surface area contributed by atoms with Gasteiger partial charge in [0.15, 0.2) is 0 Å². The highest BCUT2D eigenvalue weighted by molar-refractivity contribution is 6.35. The summed E-state index contributed by atoms with van der Waals surface area (Å²) in [5.41, 5.74) is 6.41. The van der Waals surface area contributed by atoms with E-state index in [0.717, 1.165) is 19.4 Å². The predicted octanol–water partition coefficient (Wildman–Crippen LogP) is 3.19. The van der Waals surface area contributed by atoms with E-state index in [0.29, 0.717) is 28.1 Å². The van der Waals surface area contributed by atoms with Crippen molar-refractivity contribution in [3.8, 4) is 0 Å². The quantitative estimate of drug-likeness (QED) is 0.912. The summed E-state index contributed by atoms with van der Waals surface area (Å²) in [7, 11) is 0. The molecule has 2 rings (SSSR count). The highest BCUT2D eigenvalue weighted by Gasteiger charge is 2.27. The normalized spacial score (nSPS) is 21.3. The van der Waals surface area contributed by atoms with E-state index in [1.54, 1.807) is 18.2 Å². The van der Waals surface area contributed by atoms with Crippen LogP contribution in [-0.2, 0) is 0 Å². The molecule has 1 saturated heterocycles. The maximum atomic E-state index is 12.5. The Labute approximate surface area is 123 Å². The second-order valence-electron chi connectivity index (χ2n) is 5.14. The highest BCUT2D eigenvalue weighted by atomic mass is 35.5. The Morgan fingerprint density at radius 1 is 1.47 bits per heavy atom. The summed E-state index contributed by atoms with van der Waals surface area (Å²) in [6.07, 6.45) is 2.06. The first-order valence-corrected chi connectivity index (χ1v) is 7.24. The van der Waals surface area contributed by atoms with Gasteiger partial charge >= 0.3 is 0 Å². The van der Waals surface area contributed by atoms with Crippen LogP contribution in [0.3, 0.4) is 0 Å². The van der Waals surface area contributed by atoms with Gasteiger partial charge in [0, 0.05) is 24.2 Å². The van der Waals surface area contributed by atoms with Gasteiger partial charge in [-0.2, -0.15) is 0 Å². The zero-order chi connectivity index (χ0) is 14.0. The number of hydrogen-bond acceptors (Lipinski definition) is 2. The van der Waals surface area contributed by atoms with E-state index < -0.39 is 0 Å². The van der Waals surface area contributed by atoms with E-state index >= 15 is 0 Å². The molecule has 0 spiro atoms. The third-order valence-corrected chi connectivity index (χ3v) is 4.21. The standard InChI is InChI=1S/C14H18Cl2N2O/c1-9(17)10-3-2-6-18(8-10)14(19)12-7-11(15)4-5-13(12)16/h4-5,7,9-10H,2-3,6,8,17H2,1H3. The number of piperidine rings is 1. The fourth-order valence-corrected chi connectivity index (χ4v) is 2.83. The first-order valence-electron chi connectivity index (χ1n) is 6.49. The molecular formula is C14H18Cl2N2O. The molecule has 1 amide bonds. The number of likely N-dealkylation sites (tertiary alicyclic amines) is 1. The van der Waals surface area contributed by atoms with E-state index in [4.69, 9.17) is 28.9 Å². The number of amides is 1. The largest absolute Gasteiger partial charge is 0.338 e. The van der Waals surface area contributed by atoms with Crippen LogP contribution < -0.4 is 5.73 Å². The van der Waals surface area contributed by atoms with Crippen molar-refractivity contribution in [1.29, 1.82) is 0 Å². The molecule has 0 aromatic heterocycles. The van der Waals surface area contributed by atoms with Crippen LogP contribution in [0.25, 0.3) is 0 Å². The molecule has 1 aromatic carbocycles. The summed E-state index contributed by atoms with van der Waals surface area (Å²) in [4.78, 5) is 14.3. The molecule has 1 fully saturated rings. The van der Waals surface area contributed by atoms with Crippen LogP contribution in [0.2, 0.25) is 10.0 Å². The molecule has 0 aliphatic carbocycles. The zero-order valence-corrected chi connectivity index (χ0v) is 12.4. The van der Waals surface area contributed by atoms with Crippen LogP contribution in [0.4, 0.5) is 0 Å². The fraction of sp³-hybridized carbons (Fsp3) is 0.500. The smallest absolute Gasteiger partial charge is 0.255 e. The molecule has 1 aromatic rings. The van der Waals surface area contributed by atoms with Crippen LogP contribution in [0.15, 0.2) is 18.2 Å². The average Bonchev–Trinajstić information content (AvgIpc) is 2.41. The van der Waals surface area contributed by atoms with Gasteiger partial charge in [0.25, 0.3) is 5.91 Å². The Morgan fingerprint density at radius 2 is 2.21 bits per heavy atom. The minimum atomic E-state index is -0.0575. The molecule has 2 N–H and O–H groups in total. The lowest BCUT2D eigenvalue weighted by molar-refractivity contribution is 0.0661. The third-order valence-electron chi connectivity index (χ3n) is 3.65. The number of nitrogens with two attached hydrogens (primary N) is 1. The SMILES string of the molecule is CC(N)C1CCCN(C(=O)c2cc(Cl)ccc2Cl)C1. The average molecular weight is 301 g/mol. The van der Waals surface area contributed by atoms with Crippen LogP contribution >= 0.6 is 23.2 Å². The summed E-state index contributed by atoms with van der Waals surface area (Å²) in [5.74, 6) is 0.300. The van der Waals surface area contributed by atoms with Crippen molar-refractivity contribution < 1.29 is 4.79 Å². The molecule has 0 saturated carbocycles. The number of carbonyl (C=O) groups is 1. The maximum absolute atomic E-state index is 12.5. The second kappa shape index (κ2) is 6.12. The first-order chi connectivity index (χ1) is 8.99. The Balaban J connectivity index is 2.17. The Hall–Kier alpha value is -0.770. The molecule has 3 nitrogen and oxygen atoms in total. The molecule has 1 aliphatic heterocycles. The second-order valence-corrected chi connectivity index (χ2v) is 5.98. The maximum Gasteiger partial charge on any atom is 0.255 e. The Morgan fingerprint density at radius 3 is 2.89 bits per heavy atom. The van der Waals surface area contributed by atoms with E-state index in [-0.39, 0.29) is 11.9 Å². The third kappa shape index (κ3) is 3.41. The molecular weight excluding hydrogens is 283 g/mol. The number of hydrogen-bond donors (Lipinski definition) is 1. The summed E-state index contributed by atoms with van der Waals surface area (Å²) >= 11 is 12.0. The van der Waals surface area contributed by atoms with Crippen LogP contribution in [-0.4, -0.2) is 29.9 Å². The monoisotopic (exact) mass is 300 g/mol. The van der Waals surface area contributed by atoms with Gasteiger partial charge in [-0.25, -0.2) is 0 Å². The molecule has 2 unspecified atom stereocenters. The minimum Gasteiger partial charge on any atom is -0.338 e. The number of benzene rings is 1.